The normalized spacial score (nSPS) is 9.46. The van der Waals surface area contributed by atoms with E-state index in [9.17, 15) is 4.79 Å². The molecule has 0 saturated heterocycles. The van der Waals surface area contributed by atoms with Crippen molar-refractivity contribution < 1.29 is 14.3 Å². The maximum Gasteiger partial charge on any atom is 0.298 e. The lowest BCUT2D eigenvalue weighted by molar-refractivity contribution is -0.120. The Morgan fingerprint density at radius 3 is 2.69 bits per heavy atom. The summed E-state index contributed by atoms with van der Waals surface area (Å²) < 4.78 is 10.9. The predicted octanol–water partition coefficient (Wildman–Crippen LogP) is 2.14. The SMILES string of the molecule is COc1cc(I)cc(C)c1OC=O. The first-order valence-corrected chi connectivity index (χ1v) is 4.71. The van der Waals surface area contributed by atoms with Crippen molar-refractivity contribution in [2.45, 2.75) is 6.92 Å². The second kappa shape index (κ2) is 4.45. The summed E-state index contributed by atoms with van der Waals surface area (Å²) in [5.74, 6) is 1.06. The highest BCUT2D eigenvalue weighted by atomic mass is 127. The number of carbonyl (C=O) groups is 1. The molecule has 0 fully saturated rings. The minimum Gasteiger partial charge on any atom is -0.493 e. The Bertz CT molecular complexity index is 323. The van der Waals surface area contributed by atoms with Gasteiger partial charge in [-0.1, -0.05) is 0 Å². The van der Waals surface area contributed by atoms with Gasteiger partial charge in [-0.2, -0.15) is 0 Å². The van der Waals surface area contributed by atoms with Crippen LogP contribution in [0.25, 0.3) is 0 Å². The summed E-state index contributed by atoms with van der Waals surface area (Å²) in [6, 6.07) is 3.73. The number of hydrogen-bond donors (Lipinski definition) is 0. The third-order valence-corrected chi connectivity index (χ3v) is 2.21. The van der Waals surface area contributed by atoms with Crippen LogP contribution in [0.15, 0.2) is 12.1 Å². The predicted molar refractivity (Wildman–Crippen MR) is 57.1 cm³/mol. The fourth-order valence-corrected chi connectivity index (χ4v) is 1.80. The number of ether oxygens (including phenoxy) is 2. The highest BCUT2D eigenvalue weighted by molar-refractivity contribution is 14.1. The van der Waals surface area contributed by atoms with Crippen LogP contribution in [0.2, 0.25) is 0 Å². The molecule has 0 unspecified atom stereocenters. The fourth-order valence-electron chi connectivity index (χ4n) is 1.05. The molecule has 1 rings (SSSR count). The monoisotopic (exact) mass is 292 g/mol. The van der Waals surface area contributed by atoms with Crippen molar-refractivity contribution in [1.82, 2.24) is 0 Å². The molecule has 0 aliphatic heterocycles. The zero-order valence-electron chi connectivity index (χ0n) is 7.33. The van der Waals surface area contributed by atoms with E-state index in [-0.39, 0.29) is 0 Å². The van der Waals surface area contributed by atoms with Gasteiger partial charge in [0.25, 0.3) is 6.47 Å². The molecule has 1 aromatic carbocycles. The lowest BCUT2D eigenvalue weighted by atomic mass is 10.2. The van der Waals surface area contributed by atoms with Gasteiger partial charge >= 0.3 is 0 Å². The van der Waals surface area contributed by atoms with Crippen molar-refractivity contribution >= 4 is 29.1 Å². The van der Waals surface area contributed by atoms with E-state index in [0.29, 0.717) is 18.0 Å². The van der Waals surface area contributed by atoms with Gasteiger partial charge in [-0.05, 0) is 47.2 Å². The number of halogens is 1. The molecule has 0 radical (unpaired) electrons. The number of rotatable bonds is 3. The number of methoxy groups -OCH3 is 1. The Hall–Kier alpha value is -0.780. The molecule has 0 spiro atoms. The molecule has 0 heterocycles. The largest absolute Gasteiger partial charge is 0.493 e. The van der Waals surface area contributed by atoms with E-state index in [1.54, 1.807) is 7.11 Å². The molecule has 70 valence electrons. The summed E-state index contributed by atoms with van der Waals surface area (Å²) >= 11 is 2.18. The van der Waals surface area contributed by atoms with Gasteiger partial charge in [0.2, 0.25) is 0 Å². The maximum absolute atomic E-state index is 10.2. The lowest BCUT2D eigenvalue weighted by Crippen LogP contribution is -1.96. The van der Waals surface area contributed by atoms with Gasteiger partial charge in [-0.25, -0.2) is 0 Å². The topological polar surface area (TPSA) is 35.5 Å². The average molecular weight is 292 g/mol. The molecule has 0 bridgehead atoms. The van der Waals surface area contributed by atoms with Gasteiger partial charge < -0.3 is 9.47 Å². The number of aryl methyl sites for hydroxylation is 1. The Kier molecular flexibility index (Phi) is 3.53. The van der Waals surface area contributed by atoms with Gasteiger partial charge in [0.1, 0.15) is 0 Å². The van der Waals surface area contributed by atoms with Crippen LogP contribution in [0.4, 0.5) is 0 Å². The molecule has 0 aliphatic carbocycles. The molecule has 13 heavy (non-hydrogen) atoms. The van der Waals surface area contributed by atoms with Gasteiger partial charge in [0.05, 0.1) is 7.11 Å². The molecule has 3 nitrogen and oxygen atoms in total. The molecule has 0 atom stereocenters. The first kappa shape index (κ1) is 10.3. The average Bonchev–Trinajstić information content (AvgIpc) is 2.09. The highest BCUT2D eigenvalue weighted by Crippen LogP contribution is 2.32. The molecular formula is C9H9IO3. The minimum atomic E-state index is 0.401. The van der Waals surface area contributed by atoms with E-state index >= 15 is 0 Å². The maximum atomic E-state index is 10.2. The van der Waals surface area contributed by atoms with Gasteiger partial charge in [-0.3, -0.25) is 4.79 Å². The van der Waals surface area contributed by atoms with E-state index in [0.717, 1.165) is 9.13 Å². The molecule has 0 saturated carbocycles. The molecule has 0 N–H and O–H groups in total. The Morgan fingerprint density at radius 2 is 2.15 bits per heavy atom. The smallest absolute Gasteiger partial charge is 0.298 e. The third-order valence-electron chi connectivity index (χ3n) is 1.59. The van der Waals surface area contributed by atoms with Crippen LogP contribution in [-0.4, -0.2) is 13.6 Å². The third kappa shape index (κ3) is 2.33. The molecular weight excluding hydrogens is 283 g/mol. The molecule has 1 aromatic rings. The van der Waals surface area contributed by atoms with Crippen LogP contribution in [0.1, 0.15) is 5.56 Å². The molecule has 0 aliphatic rings. The van der Waals surface area contributed by atoms with Gasteiger partial charge in [0.15, 0.2) is 11.5 Å². The summed E-state index contributed by atoms with van der Waals surface area (Å²) in [4.78, 5) is 10.2. The number of carbonyl (C=O) groups excluding carboxylic acids is 1. The zero-order valence-corrected chi connectivity index (χ0v) is 9.49. The second-order valence-corrected chi connectivity index (χ2v) is 3.71. The summed E-state index contributed by atoms with van der Waals surface area (Å²) in [5, 5.41) is 0. The Morgan fingerprint density at radius 1 is 1.46 bits per heavy atom. The first-order valence-electron chi connectivity index (χ1n) is 3.63. The van der Waals surface area contributed by atoms with E-state index in [4.69, 9.17) is 9.47 Å². The highest BCUT2D eigenvalue weighted by Gasteiger charge is 2.08. The zero-order chi connectivity index (χ0) is 9.84. The van der Waals surface area contributed by atoms with Crippen LogP contribution in [0, 0.1) is 10.5 Å². The van der Waals surface area contributed by atoms with Crippen LogP contribution in [0.5, 0.6) is 11.5 Å². The van der Waals surface area contributed by atoms with E-state index < -0.39 is 0 Å². The molecule has 0 amide bonds. The number of hydrogen-bond acceptors (Lipinski definition) is 3. The standard InChI is InChI=1S/C9H9IO3/c1-6-3-7(10)4-8(12-2)9(6)13-5-11/h3-5H,1-2H3. The van der Waals surface area contributed by atoms with Gasteiger partial charge in [0, 0.05) is 3.57 Å². The summed E-state index contributed by atoms with van der Waals surface area (Å²) in [7, 11) is 1.54. The fraction of sp³-hybridized carbons (Fsp3) is 0.222. The quantitative estimate of drug-likeness (QED) is 0.632. The van der Waals surface area contributed by atoms with Crippen molar-refractivity contribution in [2.75, 3.05) is 7.11 Å². The summed E-state index contributed by atoms with van der Waals surface area (Å²) in [6.07, 6.45) is 0. The van der Waals surface area contributed by atoms with Crippen molar-refractivity contribution in [3.05, 3.63) is 21.3 Å². The Labute approximate surface area is 90.2 Å². The van der Waals surface area contributed by atoms with Gasteiger partial charge in [-0.15, -0.1) is 0 Å². The van der Waals surface area contributed by atoms with Crippen molar-refractivity contribution in [3.8, 4) is 11.5 Å². The van der Waals surface area contributed by atoms with E-state index in [2.05, 4.69) is 22.6 Å². The lowest BCUT2D eigenvalue weighted by Gasteiger charge is -2.09. The van der Waals surface area contributed by atoms with Crippen molar-refractivity contribution in [2.24, 2.45) is 0 Å². The first-order chi connectivity index (χ1) is 6.19. The summed E-state index contributed by atoms with van der Waals surface area (Å²) in [5.41, 5.74) is 0.885. The van der Waals surface area contributed by atoms with Crippen LogP contribution >= 0.6 is 22.6 Å². The van der Waals surface area contributed by atoms with Crippen LogP contribution in [0.3, 0.4) is 0 Å². The van der Waals surface area contributed by atoms with Crippen LogP contribution in [-0.2, 0) is 4.79 Å². The van der Waals surface area contributed by atoms with E-state index in [1.165, 1.54) is 0 Å². The molecule has 4 heteroatoms. The summed E-state index contributed by atoms with van der Waals surface area (Å²) in [6.45, 7) is 2.27. The second-order valence-electron chi connectivity index (χ2n) is 2.47. The van der Waals surface area contributed by atoms with Crippen molar-refractivity contribution in [1.29, 1.82) is 0 Å². The minimum absolute atomic E-state index is 0.401. The van der Waals surface area contributed by atoms with Crippen molar-refractivity contribution in [3.63, 3.8) is 0 Å². The number of benzene rings is 1. The van der Waals surface area contributed by atoms with Crippen LogP contribution < -0.4 is 9.47 Å². The Balaban J connectivity index is 3.20. The van der Waals surface area contributed by atoms with E-state index in [1.807, 2.05) is 19.1 Å². The molecule has 0 aromatic heterocycles.